The van der Waals surface area contributed by atoms with Gasteiger partial charge in [-0.05, 0) is 89.8 Å². The minimum absolute atomic E-state index is 0.0343. The smallest absolute Gasteiger partial charge is 0.413 e. The fourth-order valence-corrected chi connectivity index (χ4v) is 10.8. The molecule has 24 heteroatoms. The Morgan fingerprint density at radius 1 is 0.685 bits per heavy atom. The molecule has 5 atom stereocenters. The number of fused-ring (bicyclic) bond motifs is 6. The van der Waals surface area contributed by atoms with Crippen LogP contribution in [0.25, 0.3) is 33.1 Å². The normalized spacial score (nSPS) is 16.8. The monoisotopic (exact) mass is 1220 g/mol. The van der Waals surface area contributed by atoms with E-state index in [9.17, 15) is 38.4 Å². The number of hydrogen-bond donors (Lipinski definition) is 3. The summed E-state index contributed by atoms with van der Waals surface area (Å²) >= 11 is 0. The Hall–Kier alpha value is -9.94. The number of carbonyl (C=O) groups is 8. The van der Waals surface area contributed by atoms with Crippen LogP contribution < -0.4 is 20.7 Å². The molecule has 466 valence electrons. The first-order chi connectivity index (χ1) is 42.8. The van der Waals surface area contributed by atoms with Gasteiger partial charge in [0.2, 0.25) is 18.3 Å². The summed E-state index contributed by atoms with van der Waals surface area (Å²) in [6.45, 7) is 5.82. The number of imidazole rings is 1. The van der Waals surface area contributed by atoms with E-state index in [1.165, 1.54) is 25.3 Å². The predicted molar refractivity (Wildman–Crippen MR) is 322 cm³/mol. The molecular weight excluding hydrogens is 1150 g/mol. The predicted octanol–water partition coefficient (Wildman–Crippen LogP) is 8.51. The maximum absolute atomic E-state index is 14.1. The number of rotatable bonds is 23. The number of nitrogens with one attached hydrogen (secondary N) is 3. The van der Waals surface area contributed by atoms with Gasteiger partial charge in [-0.1, -0.05) is 92.2 Å². The number of hydrogen-bond acceptors (Lipinski definition) is 20. The third-order valence-corrected chi connectivity index (χ3v) is 14.7. The first-order valence-corrected chi connectivity index (χ1v) is 28.8. The van der Waals surface area contributed by atoms with Crippen LogP contribution in [0.5, 0.6) is 5.75 Å². The number of amides is 3. The molecule has 0 bridgehead atoms. The molecule has 0 spiro atoms. The zero-order chi connectivity index (χ0) is 63.5. The molecule has 1 aliphatic carbocycles. The van der Waals surface area contributed by atoms with E-state index in [0.29, 0.717) is 34.9 Å². The summed E-state index contributed by atoms with van der Waals surface area (Å²) in [5, 5.41) is 8.81. The van der Waals surface area contributed by atoms with E-state index in [1.807, 2.05) is 62.6 Å². The maximum atomic E-state index is 14.1. The summed E-state index contributed by atoms with van der Waals surface area (Å²) in [5.74, 6) is -4.66. The van der Waals surface area contributed by atoms with E-state index in [-0.39, 0.29) is 53.9 Å². The highest BCUT2D eigenvalue weighted by Gasteiger charge is 2.56. The number of aryl methyl sites for hydroxylation is 1. The van der Waals surface area contributed by atoms with Crippen molar-refractivity contribution in [1.29, 1.82) is 0 Å². The molecule has 2 aliphatic rings. The van der Waals surface area contributed by atoms with E-state index in [0.717, 1.165) is 86.5 Å². The number of alkyl carbamates (subject to hydrolysis) is 1. The quantitative estimate of drug-likeness (QED) is 0.0399. The highest BCUT2D eigenvalue weighted by molar-refractivity contribution is 6.10. The molecule has 0 saturated carbocycles. The van der Waals surface area contributed by atoms with E-state index < -0.39 is 85.3 Å². The molecule has 3 heterocycles. The second kappa shape index (κ2) is 28.7. The fourth-order valence-electron chi connectivity index (χ4n) is 10.8. The summed E-state index contributed by atoms with van der Waals surface area (Å²) in [4.78, 5) is 117. The van der Waals surface area contributed by atoms with E-state index in [1.54, 1.807) is 18.2 Å². The van der Waals surface area contributed by atoms with Crippen molar-refractivity contribution in [2.75, 3.05) is 52.1 Å². The van der Waals surface area contributed by atoms with Crippen LogP contribution >= 0.6 is 0 Å². The highest BCUT2D eigenvalue weighted by atomic mass is 16.7. The lowest BCUT2D eigenvalue weighted by atomic mass is 9.97. The molecule has 3 N–H and O–H groups in total. The number of aromatic nitrogens is 3. The Morgan fingerprint density at radius 2 is 1.34 bits per heavy atom. The van der Waals surface area contributed by atoms with Crippen LogP contribution in [0.4, 0.5) is 21.1 Å². The summed E-state index contributed by atoms with van der Waals surface area (Å²) in [7, 11) is 6.32. The van der Waals surface area contributed by atoms with E-state index in [4.69, 9.17) is 52.6 Å². The molecule has 1 fully saturated rings. The van der Waals surface area contributed by atoms with Crippen LogP contribution in [0.1, 0.15) is 96.9 Å². The molecule has 1 aliphatic heterocycles. The first-order valence-electron chi connectivity index (χ1n) is 28.8. The Balaban J connectivity index is 0.986. The number of unbranched alkanes of at least 4 members (excludes halogenated alkanes) is 1. The van der Waals surface area contributed by atoms with Crippen molar-refractivity contribution >= 4 is 81.4 Å². The molecule has 1 saturated heterocycles. The molecule has 2 aromatic heterocycles. The van der Waals surface area contributed by atoms with Crippen molar-refractivity contribution in [2.45, 2.75) is 110 Å². The van der Waals surface area contributed by atoms with Crippen LogP contribution in [0, 0.1) is 0 Å². The number of esters is 5. The summed E-state index contributed by atoms with van der Waals surface area (Å²) in [6, 6.07) is 33.3. The third-order valence-electron chi connectivity index (χ3n) is 14.7. The van der Waals surface area contributed by atoms with Gasteiger partial charge in [-0.25, -0.2) is 29.1 Å². The number of carbonyl (C=O) groups excluding carboxylic acids is 8. The van der Waals surface area contributed by atoms with Gasteiger partial charge in [0.15, 0.2) is 24.1 Å². The molecular formula is C65H69N7O17. The number of anilines is 2. The molecule has 5 aromatic carbocycles. The van der Waals surface area contributed by atoms with Crippen LogP contribution in [-0.4, -0.2) is 140 Å². The number of nitrogens with zero attached hydrogens (tertiary/aromatic N) is 4. The largest absolute Gasteiger partial charge is 0.467 e. The lowest BCUT2D eigenvalue weighted by molar-refractivity contribution is -0.282. The van der Waals surface area contributed by atoms with Crippen LogP contribution in [0.2, 0.25) is 0 Å². The maximum Gasteiger partial charge on any atom is 0.413 e. The summed E-state index contributed by atoms with van der Waals surface area (Å²) in [5.41, 5.74) is 8.11. The summed E-state index contributed by atoms with van der Waals surface area (Å²) in [6.07, 6.45) is -8.48. The fraction of sp³-hybridized carbons (Fsp3) is 0.354. The Kier molecular flexibility index (Phi) is 20.5. The second-order valence-corrected chi connectivity index (χ2v) is 21.5. The highest BCUT2D eigenvalue weighted by Crippen LogP contribution is 2.45. The van der Waals surface area contributed by atoms with Gasteiger partial charge in [-0.3, -0.25) is 24.5 Å². The van der Waals surface area contributed by atoms with Crippen LogP contribution in [0.3, 0.4) is 0 Å². The number of pyridine rings is 1. The Morgan fingerprint density at radius 3 is 1.99 bits per heavy atom. The van der Waals surface area contributed by atoms with Gasteiger partial charge >= 0.3 is 42.0 Å². The van der Waals surface area contributed by atoms with Crippen LogP contribution in [-0.2, 0) is 88.0 Å². The average Bonchev–Trinajstić information content (AvgIpc) is 1.74. The number of ether oxygens (including phenoxy) is 9. The van der Waals surface area contributed by atoms with Gasteiger partial charge < -0.3 is 62.7 Å². The van der Waals surface area contributed by atoms with Gasteiger partial charge in [0.1, 0.15) is 30.3 Å². The lowest BCUT2D eigenvalue weighted by Gasteiger charge is -2.43. The average molecular weight is 1220 g/mol. The van der Waals surface area contributed by atoms with E-state index >= 15 is 0 Å². The van der Waals surface area contributed by atoms with Gasteiger partial charge in [0, 0.05) is 64.6 Å². The Labute approximate surface area is 512 Å². The molecule has 24 nitrogen and oxygen atoms in total. The number of benzene rings is 5. The topological polar surface area (TPSA) is 290 Å². The molecule has 3 amide bonds. The van der Waals surface area contributed by atoms with Gasteiger partial charge in [-0.2, -0.15) is 0 Å². The molecule has 89 heavy (non-hydrogen) atoms. The zero-order valence-corrected chi connectivity index (χ0v) is 50.4. The molecule has 7 aromatic rings. The van der Waals surface area contributed by atoms with Crippen molar-refractivity contribution in [2.24, 2.45) is 0 Å². The number of methoxy groups -OCH3 is 2. The van der Waals surface area contributed by atoms with Crippen LogP contribution in [0.15, 0.2) is 109 Å². The summed E-state index contributed by atoms with van der Waals surface area (Å²) < 4.78 is 52.4. The van der Waals surface area contributed by atoms with Gasteiger partial charge in [0.25, 0.3) is 0 Å². The Bertz CT molecular complexity index is 3770. The second-order valence-electron chi connectivity index (χ2n) is 21.5. The third kappa shape index (κ3) is 15.3. The lowest BCUT2D eigenvalue weighted by Crippen LogP contribution is -2.64. The molecule has 9 rings (SSSR count). The molecule has 0 unspecified atom stereocenters. The van der Waals surface area contributed by atoms with Gasteiger partial charge in [0.05, 0.1) is 36.5 Å². The minimum atomic E-state index is -1.83. The standard InChI is InChI=1S/C65H69N7O17/c1-9-10-19-52-69-54-55(72(52)33-40-22-20-39(21-23-40)32-71(5)6)47-26-25-42(61(77)81-7)31-49(47)68-60(54)70-65(80)83-34-41-24-27-51(88-63-59(87-38(4)75)57(86-37(3)74)56(85-36(2)73)58(89-63)62(78)82-8)50(30-41)67-53(76)28-29-66-64(79)84-35-48-45-17-13-11-15-43(45)44-16-12-14-18-46(44)48/h11-18,20-27,30-31,48,56-59,63H,9-10,19,28-29,32-35H2,1-8H3,(H,66,79)(H,67,76)(H,68,70,80)/t56-,57-,58-,59+,63+/m0/s1. The van der Waals surface area contributed by atoms with Crippen molar-refractivity contribution in [3.8, 4) is 16.9 Å². The SMILES string of the molecule is CCCCc1nc2c(NC(=O)OCc3ccc(O[C@@H]4O[C@H](C(=O)OC)[C@@H](OC(C)=O)[C@H](OC(C)=O)[C@H]4OC(C)=O)c(NC(=O)CCNC(=O)OCC4c5ccccc5-c5ccccc54)c3)nc3cc(C(=O)OC)ccc3c2n1Cc1ccc(CN(C)C)cc1. The van der Waals surface area contributed by atoms with Crippen molar-refractivity contribution in [3.63, 3.8) is 0 Å². The minimum Gasteiger partial charge on any atom is -0.467 e. The molecule has 0 radical (unpaired) electrons. The van der Waals surface area contributed by atoms with E-state index in [2.05, 4.69) is 56.6 Å². The first kappa shape index (κ1) is 63.6. The van der Waals surface area contributed by atoms with Crippen molar-refractivity contribution < 1.29 is 81.0 Å². The van der Waals surface area contributed by atoms with Crippen molar-refractivity contribution in [3.05, 3.63) is 148 Å². The van der Waals surface area contributed by atoms with Crippen molar-refractivity contribution in [1.82, 2.24) is 24.8 Å². The zero-order valence-electron chi connectivity index (χ0n) is 50.4. The van der Waals surface area contributed by atoms with Gasteiger partial charge in [-0.15, -0.1) is 0 Å².